The molecular formula is C12H17NY3. The Morgan fingerprint density at radius 3 is 2.25 bits per heavy atom. The summed E-state index contributed by atoms with van der Waals surface area (Å²) in [6, 6.07) is 10.9. The van der Waals surface area contributed by atoms with Crippen LogP contribution in [0.4, 0.5) is 0 Å². The average molecular weight is 442 g/mol. The summed E-state index contributed by atoms with van der Waals surface area (Å²) in [7, 11) is 0. The molecule has 1 saturated heterocycles. The van der Waals surface area contributed by atoms with Crippen LogP contribution >= 0.6 is 0 Å². The van der Waals surface area contributed by atoms with Crippen molar-refractivity contribution in [1.29, 1.82) is 0 Å². The van der Waals surface area contributed by atoms with E-state index in [4.69, 9.17) is 0 Å². The van der Waals surface area contributed by atoms with Crippen LogP contribution in [-0.4, -0.2) is 13.1 Å². The number of piperidine rings is 1. The van der Waals surface area contributed by atoms with Gasteiger partial charge in [0.05, 0.1) is 0 Å². The molecule has 2 atom stereocenters. The van der Waals surface area contributed by atoms with E-state index in [0.29, 0.717) is 0 Å². The van der Waals surface area contributed by atoms with Crippen LogP contribution in [-0.2, 0) is 98.1 Å². The van der Waals surface area contributed by atoms with Gasteiger partial charge in [0.25, 0.3) is 0 Å². The fourth-order valence-electron chi connectivity index (χ4n) is 2.21. The Bertz CT molecular complexity index is 266. The molecule has 1 nitrogen and oxygen atoms in total. The number of hydrogen-bond acceptors (Lipinski definition) is 1. The van der Waals surface area contributed by atoms with Gasteiger partial charge in [-0.3, -0.25) is 0 Å². The zero-order valence-corrected chi connectivity index (χ0v) is 18.4. The average Bonchev–Trinajstić information content (AvgIpc) is 2.20. The first-order valence-electron chi connectivity index (χ1n) is 5.13. The Morgan fingerprint density at radius 1 is 1.06 bits per heavy atom. The normalized spacial score (nSPS) is 23.3. The summed E-state index contributed by atoms with van der Waals surface area (Å²) in [5.41, 5.74) is 1.51. The second-order valence-corrected chi connectivity index (χ2v) is 3.99. The van der Waals surface area contributed by atoms with E-state index in [1.165, 1.54) is 25.1 Å². The van der Waals surface area contributed by atoms with Crippen LogP contribution in [0.15, 0.2) is 30.3 Å². The maximum Gasteiger partial charge on any atom is 0 e. The molecule has 2 rings (SSSR count). The van der Waals surface area contributed by atoms with Crippen molar-refractivity contribution in [3.05, 3.63) is 35.9 Å². The maximum absolute atomic E-state index is 3.43. The van der Waals surface area contributed by atoms with Gasteiger partial charge in [0.2, 0.25) is 0 Å². The molecule has 0 bridgehead atoms. The molecule has 3 radical (unpaired) electrons. The zero-order valence-electron chi connectivity index (χ0n) is 9.89. The van der Waals surface area contributed by atoms with Crippen molar-refractivity contribution in [2.75, 3.05) is 13.1 Å². The van der Waals surface area contributed by atoms with Gasteiger partial charge in [-0.1, -0.05) is 37.3 Å². The third-order valence-corrected chi connectivity index (χ3v) is 3.01. The zero-order chi connectivity index (χ0) is 9.10. The Kier molecular flexibility index (Phi) is 14.7. The van der Waals surface area contributed by atoms with Gasteiger partial charge in [0.1, 0.15) is 0 Å². The third-order valence-electron chi connectivity index (χ3n) is 3.01. The minimum absolute atomic E-state index is 0. The van der Waals surface area contributed by atoms with Gasteiger partial charge in [-0.15, -0.1) is 0 Å². The van der Waals surface area contributed by atoms with Gasteiger partial charge in [-0.2, -0.15) is 0 Å². The van der Waals surface area contributed by atoms with Gasteiger partial charge in [0, 0.05) is 98.1 Å². The topological polar surface area (TPSA) is 12.0 Å². The molecule has 0 aromatic heterocycles. The van der Waals surface area contributed by atoms with Crippen LogP contribution in [0.3, 0.4) is 0 Å². The SMILES string of the molecule is C[C@@H]1CNCCC1c1ccccc1.[Y].[Y].[Y]. The Hall–Kier alpha value is 2.49. The standard InChI is InChI=1S/C12H17N.3Y/c1-10-9-13-8-7-12(10)11-5-3-2-4-6-11;;;/h2-6,10,12-13H,7-9H2,1H3;;;/t10-,12?;;;/m1.../s1. The monoisotopic (exact) mass is 442 g/mol. The molecule has 1 fully saturated rings. The minimum Gasteiger partial charge on any atom is -0.316 e. The number of benzene rings is 1. The van der Waals surface area contributed by atoms with Gasteiger partial charge in [0.15, 0.2) is 0 Å². The Labute approximate surface area is 174 Å². The predicted octanol–water partition coefficient (Wildman–Crippen LogP) is 2.39. The minimum atomic E-state index is 0. The molecule has 1 N–H and O–H groups in total. The first-order chi connectivity index (χ1) is 6.38. The molecule has 1 aromatic rings. The van der Waals surface area contributed by atoms with E-state index >= 15 is 0 Å². The summed E-state index contributed by atoms with van der Waals surface area (Å²) in [4.78, 5) is 0. The molecule has 79 valence electrons. The van der Waals surface area contributed by atoms with Crippen molar-refractivity contribution in [2.45, 2.75) is 19.3 Å². The summed E-state index contributed by atoms with van der Waals surface area (Å²) >= 11 is 0. The summed E-state index contributed by atoms with van der Waals surface area (Å²) < 4.78 is 0. The van der Waals surface area contributed by atoms with E-state index in [1.54, 1.807) is 0 Å². The van der Waals surface area contributed by atoms with Crippen molar-refractivity contribution < 1.29 is 98.1 Å². The molecule has 1 aromatic carbocycles. The van der Waals surface area contributed by atoms with Crippen molar-refractivity contribution in [1.82, 2.24) is 5.32 Å². The van der Waals surface area contributed by atoms with E-state index in [0.717, 1.165) is 11.8 Å². The van der Waals surface area contributed by atoms with E-state index in [9.17, 15) is 0 Å². The summed E-state index contributed by atoms with van der Waals surface area (Å²) in [5.74, 6) is 1.54. The molecule has 1 aliphatic rings. The van der Waals surface area contributed by atoms with Crippen LogP contribution in [0.25, 0.3) is 0 Å². The molecule has 16 heavy (non-hydrogen) atoms. The Morgan fingerprint density at radius 2 is 1.69 bits per heavy atom. The van der Waals surface area contributed by atoms with Gasteiger partial charge < -0.3 is 5.32 Å². The van der Waals surface area contributed by atoms with Crippen molar-refractivity contribution in [3.63, 3.8) is 0 Å². The number of nitrogens with one attached hydrogen (secondary N) is 1. The summed E-state index contributed by atoms with van der Waals surface area (Å²) in [6.07, 6.45) is 1.28. The molecule has 0 spiro atoms. The van der Waals surface area contributed by atoms with E-state index in [2.05, 4.69) is 42.6 Å². The van der Waals surface area contributed by atoms with Gasteiger partial charge in [-0.05, 0) is 36.9 Å². The largest absolute Gasteiger partial charge is 0.316 e. The fourth-order valence-corrected chi connectivity index (χ4v) is 2.21. The van der Waals surface area contributed by atoms with Crippen molar-refractivity contribution in [2.24, 2.45) is 5.92 Å². The smallest absolute Gasteiger partial charge is 0 e. The molecule has 1 unspecified atom stereocenters. The van der Waals surface area contributed by atoms with Crippen LogP contribution in [0.1, 0.15) is 24.8 Å². The van der Waals surface area contributed by atoms with Crippen LogP contribution in [0.5, 0.6) is 0 Å². The van der Waals surface area contributed by atoms with Gasteiger partial charge >= 0.3 is 0 Å². The first kappa shape index (κ1) is 20.8. The summed E-state index contributed by atoms with van der Waals surface area (Å²) in [5, 5.41) is 3.43. The fraction of sp³-hybridized carbons (Fsp3) is 0.500. The molecule has 4 heteroatoms. The summed E-state index contributed by atoms with van der Waals surface area (Å²) in [6.45, 7) is 4.67. The second-order valence-electron chi connectivity index (χ2n) is 3.99. The van der Waals surface area contributed by atoms with Gasteiger partial charge in [-0.25, -0.2) is 0 Å². The third kappa shape index (κ3) is 6.09. The van der Waals surface area contributed by atoms with E-state index in [-0.39, 0.29) is 98.1 Å². The van der Waals surface area contributed by atoms with Crippen molar-refractivity contribution >= 4 is 0 Å². The number of rotatable bonds is 1. The maximum atomic E-state index is 3.43. The first-order valence-corrected chi connectivity index (χ1v) is 5.13. The number of hydrogen-bond donors (Lipinski definition) is 1. The van der Waals surface area contributed by atoms with E-state index in [1.807, 2.05) is 0 Å². The molecule has 1 heterocycles. The van der Waals surface area contributed by atoms with Crippen molar-refractivity contribution in [3.8, 4) is 0 Å². The quantitative estimate of drug-likeness (QED) is 0.705. The Balaban J connectivity index is 0. The van der Waals surface area contributed by atoms with Crippen LogP contribution in [0, 0.1) is 5.92 Å². The molecular weight excluding hydrogens is 425 g/mol. The molecule has 1 aliphatic heterocycles. The van der Waals surface area contributed by atoms with Crippen LogP contribution in [0.2, 0.25) is 0 Å². The molecule has 0 saturated carbocycles. The van der Waals surface area contributed by atoms with Crippen LogP contribution < -0.4 is 5.32 Å². The second kappa shape index (κ2) is 11.3. The molecule has 0 aliphatic carbocycles. The molecule has 0 amide bonds. The predicted molar refractivity (Wildman–Crippen MR) is 55.8 cm³/mol. The van der Waals surface area contributed by atoms with E-state index < -0.39 is 0 Å².